The molecule has 0 bridgehead atoms. The summed E-state index contributed by atoms with van der Waals surface area (Å²) in [6.45, 7) is 3.91. The van der Waals surface area contributed by atoms with Gasteiger partial charge < -0.3 is 16.6 Å². The van der Waals surface area contributed by atoms with Crippen LogP contribution in [-0.2, 0) is 4.79 Å². The highest BCUT2D eigenvalue weighted by Crippen LogP contribution is 2.12. The summed E-state index contributed by atoms with van der Waals surface area (Å²) in [7, 11) is 0. The first-order chi connectivity index (χ1) is 7.97. The summed E-state index contributed by atoms with van der Waals surface area (Å²) >= 11 is 0. The highest BCUT2D eigenvalue weighted by atomic mass is 16.4. The van der Waals surface area contributed by atoms with Crippen molar-refractivity contribution in [2.24, 2.45) is 16.5 Å². The summed E-state index contributed by atoms with van der Waals surface area (Å²) < 4.78 is 0. The quantitative estimate of drug-likeness (QED) is 0.324. The van der Waals surface area contributed by atoms with Crippen LogP contribution in [0.4, 0.5) is 0 Å². The van der Waals surface area contributed by atoms with Crippen molar-refractivity contribution in [2.45, 2.75) is 64.5 Å². The van der Waals surface area contributed by atoms with Crippen LogP contribution in [0.2, 0.25) is 0 Å². The molecule has 0 rings (SSSR count). The summed E-state index contributed by atoms with van der Waals surface area (Å²) in [5.41, 5.74) is 11.0. The van der Waals surface area contributed by atoms with E-state index in [1.165, 1.54) is 0 Å². The molecular weight excluding hydrogens is 218 g/mol. The Morgan fingerprint density at radius 3 is 2.35 bits per heavy atom. The highest BCUT2D eigenvalue weighted by molar-refractivity contribution is 5.77. The lowest BCUT2D eigenvalue weighted by Gasteiger charge is -2.12. The molecule has 0 aliphatic carbocycles. The maximum Gasteiger partial charge on any atom is 0.320 e. The Morgan fingerprint density at radius 2 is 1.88 bits per heavy atom. The van der Waals surface area contributed by atoms with Crippen LogP contribution in [0.15, 0.2) is 4.99 Å². The summed E-state index contributed by atoms with van der Waals surface area (Å²) in [6, 6.07) is -0.467. The Morgan fingerprint density at radius 1 is 1.29 bits per heavy atom. The molecule has 0 aromatic heterocycles. The Balaban J connectivity index is 3.82. The highest BCUT2D eigenvalue weighted by Gasteiger charge is 2.11. The third-order valence-electron chi connectivity index (χ3n) is 2.63. The molecule has 0 aromatic rings. The molecule has 0 aliphatic rings. The normalized spacial score (nSPS) is 15.6. The summed E-state index contributed by atoms with van der Waals surface area (Å²) in [6.07, 6.45) is 5.36. The van der Waals surface area contributed by atoms with E-state index in [2.05, 4.69) is 11.9 Å². The molecule has 0 radical (unpaired) electrons. The molecule has 100 valence electrons. The maximum absolute atomic E-state index is 10.5. The molecule has 0 aromatic carbocycles. The molecule has 0 heterocycles. The minimum atomic E-state index is -0.925. The van der Waals surface area contributed by atoms with Crippen LogP contribution in [0.1, 0.15) is 52.4 Å². The standard InChI is InChI=1S/C12H25N3O2/c1-3-6-10(15-9(2)13)7-4-5-8-11(14)12(16)17/h10-11H,3-8,14H2,1-2H3,(H2,13,15)(H,16,17)/t10-,11?/m1/s1. The molecule has 0 saturated heterocycles. The van der Waals surface area contributed by atoms with Gasteiger partial charge in [-0.2, -0.15) is 0 Å². The first-order valence-electron chi connectivity index (χ1n) is 6.25. The zero-order valence-corrected chi connectivity index (χ0v) is 10.9. The lowest BCUT2D eigenvalue weighted by atomic mass is 10.0. The SMILES string of the molecule is CCC[C@H](CCCCC(N)C(=O)O)N=C(C)N. The first kappa shape index (κ1) is 15.9. The Labute approximate surface area is 103 Å². The summed E-state index contributed by atoms with van der Waals surface area (Å²) in [4.78, 5) is 14.9. The second kappa shape index (κ2) is 8.98. The lowest BCUT2D eigenvalue weighted by molar-refractivity contribution is -0.138. The van der Waals surface area contributed by atoms with E-state index >= 15 is 0 Å². The molecule has 5 nitrogen and oxygen atoms in total. The lowest BCUT2D eigenvalue weighted by Crippen LogP contribution is -2.29. The van der Waals surface area contributed by atoms with Gasteiger partial charge >= 0.3 is 5.97 Å². The third-order valence-corrected chi connectivity index (χ3v) is 2.63. The molecule has 5 heteroatoms. The van der Waals surface area contributed by atoms with E-state index in [0.29, 0.717) is 12.3 Å². The fourth-order valence-electron chi connectivity index (χ4n) is 1.76. The van der Waals surface area contributed by atoms with Crippen molar-refractivity contribution in [3.05, 3.63) is 0 Å². The number of hydrogen-bond donors (Lipinski definition) is 3. The van der Waals surface area contributed by atoms with E-state index in [4.69, 9.17) is 16.6 Å². The van der Waals surface area contributed by atoms with Gasteiger partial charge in [0.1, 0.15) is 6.04 Å². The number of aliphatic imine (C=N–C) groups is 1. The van der Waals surface area contributed by atoms with E-state index in [0.717, 1.165) is 32.1 Å². The molecule has 0 saturated carbocycles. The van der Waals surface area contributed by atoms with E-state index in [1.807, 2.05) is 0 Å². The fraction of sp³-hybridized carbons (Fsp3) is 0.833. The molecular formula is C12H25N3O2. The van der Waals surface area contributed by atoms with Crippen molar-refractivity contribution < 1.29 is 9.90 Å². The Hall–Kier alpha value is -1.10. The second-order valence-corrected chi connectivity index (χ2v) is 4.44. The van der Waals surface area contributed by atoms with Gasteiger partial charge in [0.25, 0.3) is 0 Å². The van der Waals surface area contributed by atoms with Gasteiger partial charge in [0.05, 0.1) is 11.9 Å². The molecule has 17 heavy (non-hydrogen) atoms. The number of amidine groups is 1. The monoisotopic (exact) mass is 243 g/mol. The molecule has 5 N–H and O–H groups in total. The zero-order chi connectivity index (χ0) is 13.3. The van der Waals surface area contributed by atoms with Gasteiger partial charge in [-0.3, -0.25) is 9.79 Å². The molecule has 0 aliphatic heterocycles. The number of nitrogens with zero attached hydrogens (tertiary/aromatic N) is 1. The van der Waals surface area contributed by atoms with Gasteiger partial charge in [-0.15, -0.1) is 0 Å². The second-order valence-electron chi connectivity index (χ2n) is 4.44. The zero-order valence-electron chi connectivity index (χ0n) is 10.9. The number of carbonyl (C=O) groups is 1. The van der Waals surface area contributed by atoms with Crippen molar-refractivity contribution >= 4 is 11.8 Å². The number of rotatable bonds is 9. The summed E-state index contributed by atoms with van der Waals surface area (Å²) in [5, 5.41) is 8.63. The fourth-order valence-corrected chi connectivity index (χ4v) is 1.76. The van der Waals surface area contributed by atoms with Crippen molar-refractivity contribution in [3.63, 3.8) is 0 Å². The predicted octanol–water partition coefficient (Wildman–Crippen LogP) is 1.50. The van der Waals surface area contributed by atoms with Crippen LogP contribution in [-0.4, -0.2) is 29.0 Å². The van der Waals surface area contributed by atoms with Crippen LogP contribution >= 0.6 is 0 Å². The first-order valence-corrected chi connectivity index (χ1v) is 6.25. The van der Waals surface area contributed by atoms with E-state index in [-0.39, 0.29) is 6.04 Å². The number of unbranched alkanes of at least 4 members (excludes halogenated alkanes) is 1. The predicted molar refractivity (Wildman–Crippen MR) is 70.1 cm³/mol. The number of aliphatic carboxylic acids is 1. The molecule has 0 amide bonds. The molecule has 2 atom stereocenters. The smallest absolute Gasteiger partial charge is 0.320 e. The number of hydrogen-bond acceptors (Lipinski definition) is 3. The minimum Gasteiger partial charge on any atom is -0.480 e. The van der Waals surface area contributed by atoms with Crippen LogP contribution in [0.5, 0.6) is 0 Å². The van der Waals surface area contributed by atoms with Crippen LogP contribution in [0.3, 0.4) is 0 Å². The van der Waals surface area contributed by atoms with Crippen LogP contribution < -0.4 is 11.5 Å². The summed E-state index contributed by atoms with van der Waals surface area (Å²) in [5.74, 6) is -0.309. The molecule has 0 fully saturated rings. The van der Waals surface area contributed by atoms with E-state index in [1.54, 1.807) is 6.92 Å². The number of nitrogens with two attached hydrogens (primary N) is 2. The van der Waals surface area contributed by atoms with Crippen molar-refractivity contribution in [3.8, 4) is 0 Å². The van der Waals surface area contributed by atoms with Gasteiger partial charge in [0, 0.05) is 0 Å². The van der Waals surface area contributed by atoms with Gasteiger partial charge in [-0.05, 0) is 26.2 Å². The minimum absolute atomic E-state index is 0.269. The number of carboxylic acid groups (broad SMARTS) is 1. The van der Waals surface area contributed by atoms with Gasteiger partial charge in [0.15, 0.2) is 0 Å². The molecule has 1 unspecified atom stereocenters. The van der Waals surface area contributed by atoms with Crippen molar-refractivity contribution in [1.82, 2.24) is 0 Å². The van der Waals surface area contributed by atoms with Crippen molar-refractivity contribution in [1.29, 1.82) is 0 Å². The van der Waals surface area contributed by atoms with Crippen molar-refractivity contribution in [2.75, 3.05) is 0 Å². The Kier molecular flexibility index (Phi) is 8.40. The van der Waals surface area contributed by atoms with Crippen LogP contribution in [0, 0.1) is 0 Å². The van der Waals surface area contributed by atoms with Gasteiger partial charge in [-0.25, -0.2) is 0 Å². The third kappa shape index (κ3) is 8.68. The topological polar surface area (TPSA) is 102 Å². The van der Waals surface area contributed by atoms with E-state index in [9.17, 15) is 4.79 Å². The van der Waals surface area contributed by atoms with E-state index < -0.39 is 12.0 Å². The van der Waals surface area contributed by atoms with Gasteiger partial charge in [0.2, 0.25) is 0 Å². The Bertz CT molecular complexity index is 250. The largest absolute Gasteiger partial charge is 0.480 e. The average Bonchev–Trinajstić information content (AvgIpc) is 2.23. The maximum atomic E-state index is 10.5. The average molecular weight is 243 g/mol. The number of carboxylic acids is 1. The molecule has 0 spiro atoms. The van der Waals surface area contributed by atoms with Gasteiger partial charge in [-0.1, -0.05) is 26.2 Å². The van der Waals surface area contributed by atoms with Crippen LogP contribution in [0.25, 0.3) is 0 Å².